The minimum atomic E-state index is -0.177. The molecule has 0 spiro atoms. The zero-order valence-corrected chi connectivity index (χ0v) is 7.52. The average Bonchev–Trinajstić information content (AvgIpc) is 2.52. The van der Waals surface area contributed by atoms with Crippen LogP contribution in [-0.2, 0) is 6.42 Å². The Bertz CT molecular complexity index is 272. The summed E-state index contributed by atoms with van der Waals surface area (Å²) < 4.78 is 0. The van der Waals surface area contributed by atoms with E-state index in [0.29, 0.717) is 11.4 Å². The predicted octanol–water partition coefficient (Wildman–Crippen LogP) is 0.0375. The lowest BCUT2D eigenvalue weighted by Gasteiger charge is -1.91. The number of aliphatic hydroxyl groups is 1. The molecule has 1 heterocycles. The van der Waals surface area contributed by atoms with E-state index in [0.717, 1.165) is 5.69 Å². The maximum absolute atomic E-state index is 11.0. The van der Waals surface area contributed by atoms with Crippen LogP contribution in [0.15, 0.2) is 5.38 Å². The molecular weight excluding hydrogens is 176 g/mol. The fourth-order valence-corrected chi connectivity index (χ4v) is 1.54. The number of nitrogens with one attached hydrogen (secondary N) is 1. The van der Waals surface area contributed by atoms with Gasteiger partial charge in [-0.25, -0.2) is 4.98 Å². The quantitative estimate of drug-likeness (QED) is 0.700. The number of amides is 1. The van der Waals surface area contributed by atoms with E-state index in [1.54, 1.807) is 12.4 Å². The molecule has 0 bridgehead atoms. The number of nitrogens with zero attached hydrogens (tertiary/aromatic N) is 1. The summed E-state index contributed by atoms with van der Waals surface area (Å²) in [5.41, 5.74) is 0.765. The third-order valence-corrected chi connectivity index (χ3v) is 2.23. The number of rotatable bonds is 3. The second kappa shape index (κ2) is 4.18. The summed E-state index contributed by atoms with van der Waals surface area (Å²) in [5.74, 6) is -0.177. The highest BCUT2D eigenvalue weighted by molar-refractivity contribution is 7.11. The Kier molecular flexibility index (Phi) is 3.19. The SMILES string of the molecule is CNC(=O)c1nc(CCO)cs1. The first-order valence-electron chi connectivity index (χ1n) is 3.55. The van der Waals surface area contributed by atoms with Crippen LogP contribution in [0.4, 0.5) is 0 Å². The molecule has 0 atom stereocenters. The van der Waals surface area contributed by atoms with Crippen LogP contribution >= 0.6 is 11.3 Å². The van der Waals surface area contributed by atoms with Crippen molar-refractivity contribution in [1.82, 2.24) is 10.3 Å². The van der Waals surface area contributed by atoms with Crippen LogP contribution < -0.4 is 5.32 Å². The topological polar surface area (TPSA) is 62.2 Å². The van der Waals surface area contributed by atoms with Gasteiger partial charge in [0.25, 0.3) is 5.91 Å². The third-order valence-electron chi connectivity index (χ3n) is 1.34. The summed E-state index contributed by atoms with van der Waals surface area (Å²) >= 11 is 1.29. The molecule has 1 aromatic rings. The zero-order valence-electron chi connectivity index (χ0n) is 6.70. The van der Waals surface area contributed by atoms with Crippen molar-refractivity contribution in [3.05, 3.63) is 16.1 Å². The summed E-state index contributed by atoms with van der Waals surface area (Å²) in [6.07, 6.45) is 0.507. The number of hydrogen-bond donors (Lipinski definition) is 2. The Labute approximate surface area is 74.3 Å². The summed E-state index contributed by atoms with van der Waals surface area (Å²) in [5, 5.41) is 13.3. The van der Waals surface area contributed by atoms with Crippen molar-refractivity contribution in [1.29, 1.82) is 0 Å². The van der Waals surface area contributed by atoms with Gasteiger partial charge in [0.2, 0.25) is 0 Å². The number of aliphatic hydroxyl groups excluding tert-OH is 1. The molecule has 0 aliphatic rings. The third kappa shape index (κ3) is 2.02. The summed E-state index contributed by atoms with van der Waals surface area (Å²) in [6, 6.07) is 0. The van der Waals surface area contributed by atoms with E-state index in [2.05, 4.69) is 10.3 Å². The van der Waals surface area contributed by atoms with Crippen LogP contribution in [0.3, 0.4) is 0 Å². The van der Waals surface area contributed by atoms with Gasteiger partial charge in [0.05, 0.1) is 5.69 Å². The highest BCUT2D eigenvalue weighted by Gasteiger charge is 2.07. The molecule has 0 radical (unpaired) electrons. The van der Waals surface area contributed by atoms with Crippen molar-refractivity contribution in [3.8, 4) is 0 Å². The molecule has 1 amide bonds. The van der Waals surface area contributed by atoms with Gasteiger partial charge in [-0.3, -0.25) is 4.79 Å². The highest BCUT2D eigenvalue weighted by atomic mass is 32.1. The predicted molar refractivity (Wildman–Crippen MR) is 46.3 cm³/mol. The largest absolute Gasteiger partial charge is 0.396 e. The molecule has 1 rings (SSSR count). The van der Waals surface area contributed by atoms with E-state index < -0.39 is 0 Å². The van der Waals surface area contributed by atoms with Gasteiger partial charge in [-0.2, -0.15) is 0 Å². The second-order valence-electron chi connectivity index (χ2n) is 2.20. The van der Waals surface area contributed by atoms with E-state index in [1.165, 1.54) is 11.3 Å². The lowest BCUT2D eigenvalue weighted by molar-refractivity contribution is 0.0962. The second-order valence-corrected chi connectivity index (χ2v) is 3.05. The van der Waals surface area contributed by atoms with E-state index in [1.807, 2.05) is 0 Å². The van der Waals surface area contributed by atoms with Crippen LogP contribution in [0, 0.1) is 0 Å². The molecule has 0 aromatic carbocycles. The molecule has 2 N–H and O–H groups in total. The van der Waals surface area contributed by atoms with Crippen molar-refractivity contribution in [3.63, 3.8) is 0 Å². The van der Waals surface area contributed by atoms with Crippen molar-refractivity contribution in [2.24, 2.45) is 0 Å². The minimum Gasteiger partial charge on any atom is -0.396 e. The van der Waals surface area contributed by atoms with Crippen molar-refractivity contribution >= 4 is 17.2 Å². The van der Waals surface area contributed by atoms with Crippen molar-refractivity contribution < 1.29 is 9.90 Å². The molecule has 0 unspecified atom stereocenters. The smallest absolute Gasteiger partial charge is 0.280 e. The Morgan fingerprint density at radius 2 is 2.58 bits per heavy atom. The van der Waals surface area contributed by atoms with Gasteiger partial charge >= 0.3 is 0 Å². The minimum absolute atomic E-state index is 0.0664. The maximum Gasteiger partial charge on any atom is 0.280 e. The van der Waals surface area contributed by atoms with Gasteiger partial charge in [0.1, 0.15) is 0 Å². The molecule has 0 aliphatic heterocycles. The maximum atomic E-state index is 11.0. The zero-order chi connectivity index (χ0) is 8.97. The van der Waals surface area contributed by atoms with Crippen molar-refractivity contribution in [2.45, 2.75) is 6.42 Å². The van der Waals surface area contributed by atoms with Crippen LogP contribution in [0.2, 0.25) is 0 Å². The highest BCUT2D eigenvalue weighted by Crippen LogP contribution is 2.09. The van der Waals surface area contributed by atoms with Crippen molar-refractivity contribution in [2.75, 3.05) is 13.7 Å². The fourth-order valence-electron chi connectivity index (χ4n) is 0.748. The number of aromatic nitrogens is 1. The van der Waals surface area contributed by atoms with Gasteiger partial charge < -0.3 is 10.4 Å². The molecule has 0 saturated carbocycles. The van der Waals surface area contributed by atoms with Crippen LogP contribution in [0.5, 0.6) is 0 Å². The van der Waals surface area contributed by atoms with Crippen LogP contribution in [0.25, 0.3) is 0 Å². The number of carbonyl (C=O) groups is 1. The molecule has 1 aromatic heterocycles. The van der Waals surface area contributed by atoms with Gasteiger partial charge in [-0.1, -0.05) is 0 Å². The summed E-state index contributed by atoms with van der Waals surface area (Å²) in [7, 11) is 1.56. The molecule has 0 saturated heterocycles. The van der Waals surface area contributed by atoms with Gasteiger partial charge in [0, 0.05) is 25.5 Å². The standard InChI is InChI=1S/C7H10N2O2S/c1-8-6(11)7-9-5(2-3-10)4-12-7/h4,10H,2-3H2,1H3,(H,8,11). The summed E-state index contributed by atoms with van der Waals surface area (Å²) in [6.45, 7) is 0.0664. The van der Waals surface area contributed by atoms with E-state index >= 15 is 0 Å². The van der Waals surface area contributed by atoms with E-state index in [4.69, 9.17) is 5.11 Å². The lowest BCUT2D eigenvalue weighted by Crippen LogP contribution is -2.17. The lowest BCUT2D eigenvalue weighted by atomic mass is 10.4. The summed E-state index contributed by atoms with van der Waals surface area (Å²) in [4.78, 5) is 15.0. The Morgan fingerprint density at radius 1 is 1.83 bits per heavy atom. The average molecular weight is 186 g/mol. The number of thiazole rings is 1. The monoisotopic (exact) mass is 186 g/mol. The van der Waals surface area contributed by atoms with Gasteiger partial charge in [-0.05, 0) is 0 Å². The Morgan fingerprint density at radius 3 is 3.17 bits per heavy atom. The van der Waals surface area contributed by atoms with E-state index in [9.17, 15) is 4.79 Å². The first-order valence-corrected chi connectivity index (χ1v) is 4.43. The molecule has 5 heteroatoms. The molecule has 0 aliphatic carbocycles. The number of hydrogen-bond acceptors (Lipinski definition) is 4. The first kappa shape index (κ1) is 9.15. The van der Waals surface area contributed by atoms with Gasteiger partial charge in [0.15, 0.2) is 5.01 Å². The Balaban J connectivity index is 2.70. The van der Waals surface area contributed by atoms with Crippen LogP contribution in [0.1, 0.15) is 15.5 Å². The molecule has 12 heavy (non-hydrogen) atoms. The van der Waals surface area contributed by atoms with Gasteiger partial charge in [-0.15, -0.1) is 11.3 Å². The molecular formula is C7H10N2O2S. The van der Waals surface area contributed by atoms with Crippen LogP contribution in [-0.4, -0.2) is 29.7 Å². The normalized spacial score (nSPS) is 9.83. The fraction of sp³-hybridized carbons (Fsp3) is 0.429. The number of carbonyl (C=O) groups excluding carboxylic acids is 1. The molecule has 66 valence electrons. The van der Waals surface area contributed by atoms with E-state index in [-0.39, 0.29) is 12.5 Å². The molecule has 4 nitrogen and oxygen atoms in total. The molecule has 0 fully saturated rings. The first-order chi connectivity index (χ1) is 5.77. The Hall–Kier alpha value is -0.940.